The molecule has 0 aliphatic carbocycles. The van der Waals surface area contributed by atoms with Gasteiger partial charge in [-0.05, 0) is 84.8 Å². The van der Waals surface area contributed by atoms with E-state index >= 15 is 0 Å². The van der Waals surface area contributed by atoms with E-state index in [-0.39, 0.29) is 5.75 Å². The SMILES string of the molecule is Nc1ncccc1-c1nc2ccc(-c3cccnc3)nc2n1-c1ccc(CNCCc2ccc(C=O)c(O)c2)cc1. The summed E-state index contributed by atoms with van der Waals surface area (Å²) in [6.07, 6.45) is 6.57. The quantitative estimate of drug-likeness (QED) is 0.173. The van der Waals surface area contributed by atoms with Crippen molar-refractivity contribution >= 4 is 23.3 Å². The summed E-state index contributed by atoms with van der Waals surface area (Å²) in [6, 6.07) is 24.9. The van der Waals surface area contributed by atoms with Crippen LogP contribution in [0.1, 0.15) is 21.5 Å². The number of anilines is 1. The maximum absolute atomic E-state index is 10.9. The fraction of sp³-hybridized carbons (Fsp3) is 0.0938. The number of nitrogens with one attached hydrogen (secondary N) is 1. The summed E-state index contributed by atoms with van der Waals surface area (Å²) < 4.78 is 2.01. The molecule has 0 saturated heterocycles. The van der Waals surface area contributed by atoms with E-state index in [1.165, 1.54) is 0 Å². The highest BCUT2D eigenvalue weighted by molar-refractivity contribution is 5.84. The molecule has 0 bridgehead atoms. The number of nitrogen functional groups attached to an aromatic ring is 1. The minimum Gasteiger partial charge on any atom is -0.507 e. The number of hydrogen-bond acceptors (Lipinski definition) is 8. The summed E-state index contributed by atoms with van der Waals surface area (Å²) in [4.78, 5) is 29.3. The molecule has 0 radical (unpaired) electrons. The molecule has 2 aromatic carbocycles. The lowest BCUT2D eigenvalue weighted by Gasteiger charge is -2.12. The number of hydrogen-bond donors (Lipinski definition) is 3. The molecular weight excluding hydrogens is 514 g/mol. The lowest BCUT2D eigenvalue weighted by atomic mass is 10.1. The minimum absolute atomic E-state index is 0.00886. The van der Waals surface area contributed by atoms with E-state index in [1.54, 1.807) is 30.7 Å². The molecule has 9 heteroatoms. The van der Waals surface area contributed by atoms with E-state index in [2.05, 4.69) is 27.4 Å². The van der Waals surface area contributed by atoms with Crippen molar-refractivity contribution in [1.82, 2.24) is 29.8 Å². The van der Waals surface area contributed by atoms with Crippen molar-refractivity contribution in [1.29, 1.82) is 0 Å². The van der Waals surface area contributed by atoms with E-state index in [0.29, 0.717) is 35.7 Å². The molecule has 0 amide bonds. The van der Waals surface area contributed by atoms with Gasteiger partial charge in [0, 0.05) is 36.4 Å². The number of aromatic hydroxyl groups is 1. The van der Waals surface area contributed by atoms with Crippen molar-refractivity contribution in [2.24, 2.45) is 0 Å². The van der Waals surface area contributed by atoms with Crippen LogP contribution in [0.5, 0.6) is 5.75 Å². The van der Waals surface area contributed by atoms with Crippen LogP contribution in [0.15, 0.2) is 97.5 Å². The zero-order valence-corrected chi connectivity index (χ0v) is 22.1. The van der Waals surface area contributed by atoms with Gasteiger partial charge in [-0.15, -0.1) is 0 Å². The van der Waals surface area contributed by atoms with E-state index in [4.69, 9.17) is 15.7 Å². The molecule has 0 atom stereocenters. The zero-order chi connectivity index (χ0) is 28.2. The Balaban J connectivity index is 1.27. The van der Waals surface area contributed by atoms with Crippen LogP contribution >= 0.6 is 0 Å². The van der Waals surface area contributed by atoms with Crippen molar-refractivity contribution in [3.05, 3.63) is 114 Å². The number of carbonyl (C=O) groups excluding carboxylic acids is 1. The van der Waals surface area contributed by atoms with Crippen LogP contribution < -0.4 is 11.1 Å². The Bertz CT molecular complexity index is 1830. The van der Waals surface area contributed by atoms with Crippen LogP contribution in [0.3, 0.4) is 0 Å². The van der Waals surface area contributed by atoms with Crippen molar-refractivity contribution < 1.29 is 9.90 Å². The Morgan fingerprint density at radius 2 is 1.76 bits per heavy atom. The first-order valence-corrected chi connectivity index (χ1v) is 13.2. The topological polar surface area (TPSA) is 132 Å². The van der Waals surface area contributed by atoms with Crippen LogP contribution in [0, 0.1) is 0 Å². The van der Waals surface area contributed by atoms with E-state index in [9.17, 15) is 9.90 Å². The maximum Gasteiger partial charge on any atom is 0.165 e. The molecule has 0 fully saturated rings. The molecule has 6 rings (SSSR count). The third-order valence-corrected chi connectivity index (χ3v) is 6.88. The number of aldehydes is 1. The highest BCUT2D eigenvalue weighted by Crippen LogP contribution is 2.31. The summed E-state index contributed by atoms with van der Waals surface area (Å²) in [5.41, 5.74) is 13.4. The molecule has 0 aliphatic rings. The van der Waals surface area contributed by atoms with Crippen molar-refractivity contribution in [3.8, 4) is 34.1 Å². The van der Waals surface area contributed by atoms with Gasteiger partial charge in [-0.1, -0.05) is 18.2 Å². The minimum atomic E-state index is 0.00886. The summed E-state index contributed by atoms with van der Waals surface area (Å²) >= 11 is 0. The smallest absolute Gasteiger partial charge is 0.165 e. The van der Waals surface area contributed by atoms with Crippen LogP contribution in [-0.4, -0.2) is 42.4 Å². The molecule has 41 heavy (non-hydrogen) atoms. The second-order valence-electron chi connectivity index (χ2n) is 9.59. The fourth-order valence-corrected chi connectivity index (χ4v) is 4.74. The fourth-order valence-electron chi connectivity index (χ4n) is 4.74. The Labute approximate surface area is 236 Å². The van der Waals surface area contributed by atoms with Crippen molar-refractivity contribution in [2.45, 2.75) is 13.0 Å². The largest absolute Gasteiger partial charge is 0.507 e. The number of nitrogens with zero attached hydrogens (tertiary/aromatic N) is 5. The second kappa shape index (κ2) is 11.4. The molecule has 0 aliphatic heterocycles. The van der Waals surface area contributed by atoms with Crippen LogP contribution in [-0.2, 0) is 13.0 Å². The Kier molecular flexibility index (Phi) is 7.17. The average Bonchev–Trinajstić information content (AvgIpc) is 3.39. The molecule has 0 spiro atoms. The number of phenols is 1. The van der Waals surface area contributed by atoms with Crippen molar-refractivity contribution in [3.63, 3.8) is 0 Å². The highest BCUT2D eigenvalue weighted by Gasteiger charge is 2.18. The molecule has 9 nitrogen and oxygen atoms in total. The third kappa shape index (κ3) is 5.39. The van der Waals surface area contributed by atoms with Gasteiger partial charge in [-0.25, -0.2) is 15.0 Å². The zero-order valence-electron chi connectivity index (χ0n) is 22.1. The number of pyridine rings is 3. The van der Waals surface area contributed by atoms with Gasteiger partial charge in [0.15, 0.2) is 17.8 Å². The van der Waals surface area contributed by atoms with Crippen molar-refractivity contribution in [2.75, 3.05) is 12.3 Å². The van der Waals surface area contributed by atoms with E-state index in [1.807, 2.05) is 59.2 Å². The second-order valence-corrected chi connectivity index (χ2v) is 9.59. The first kappa shape index (κ1) is 25.8. The Morgan fingerprint density at radius 3 is 2.51 bits per heavy atom. The van der Waals surface area contributed by atoms with Crippen LogP contribution in [0.4, 0.5) is 5.82 Å². The monoisotopic (exact) mass is 541 g/mol. The van der Waals surface area contributed by atoms with Gasteiger partial charge in [0.2, 0.25) is 0 Å². The normalized spacial score (nSPS) is 11.1. The molecule has 4 N–H and O–H groups in total. The molecule has 6 aromatic rings. The molecule has 0 unspecified atom stereocenters. The number of nitrogens with two attached hydrogens (primary N) is 1. The number of aromatic nitrogens is 5. The van der Waals surface area contributed by atoms with Gasteiger partial charge in [0.05, 0.1) is 16.8 Å². The van der Waals surface area contributed by atoms with Gasteiger partial charge in [0.25, 0.3) is 0 Å². The van der Waals surface area contributed by atoms with Gasteiger partial charge in [-0.2, -0.15) is 0 Å². The van der Waals surface area contributed by atoms with E-state index < -0.39 is 0 Å². The maximum atomic E-state index is 10.9. The molecule has 4 heterocycles. The highest BCUT2D eigenvalue weighted by atomic mass is 16.3. The predicted octanol–water partition coefficient (Wildman–Crippen LogP) is 4.98. The number of carbonyl (C=O) groups is 1. The third-order valence-electron chi connectivity index (χ3n) is 6.88. The number of fused-ring (bicyclic) bond motifs is 1. The number of rotatable bonds is 9. The van der Waals surface area contributed by atoms with Crippen LogP contribution in [0.2, 0.25) is 0 Å². The summed E-state index contributed by atoms with van der Waals surface area (Å²) in [6.45, 7) is 1.40. The lowest BCUT2D eigenvalue weighted by molar-refractivity contribution is 0.112. The predicted molar refractivity (Wildman–Crippen MR) is 159 cm³/mol. The molecule has 202 valence electrons. The first-order chi connectivity index (χ1) is 20.1. The van der Waals surface area contributed by atoms with E-state index in [0.717, 1.165) is 52.1 Å². The van der Waals surface area contributed by atoms with Crippen LogP contribution in [0.25, 0.3) is 39.5 Å². The van der Waals surface area contributed by atoms with Gasteiger partial charge in [0.1, 0.15) is 17.1 Å². The first-order valence-electron chi connectivity index (χ1n) is 13.2. The summed E-state index contributed by atoms with van der Waals surface area (Å²) in [7, 11) is 0. The molecule has 0 saturated carbocycles. The Morgan fingerprint density at radius 1 is 0.927 bits per heavy atom. The van der Waals surface area contributed by atoms with Gasteiger partial charge >= 0.3 is 0 Å². The number of imidazole rings is 1. The average molecular weight is 542 g/mol. The number of phenolic OH excluding ortho intramolecular Hbond substituents is 1. The molecule has 4 aromatic heterocycles. The lowest BCUT2D eigenvalue weighted by Crippen LogP contribution is -2.16. The number of benzene rings is 2. The van der Waals surface area contributed by atoms with Gasteiger partial charge in [-0.3, -0.25) is 14.3 Å². The Hall–Kier alpha value is -5.41. The van der Waals surface area contributed by atoms with Gasteiger partial charge < -0.3 is 16.2 Å². The summed E-state index contributed by atoms with van der Waals surface area (Å²) in [5, 5.41) is 13.3. The standard InChI is InChI=1S/C32H27N7O2/c33-30-26(4-2-15-36-30)31-38-28-12-11-27(23-3-1-14-34-19-23)37-32(28)39(31)25-9-6-22(7-10-25)18-35-16-13-21-5-8-24(20-40)29(41)17-21/h1-12,14-15,17,19-20,35,41H,13,16,18H2,(H2,33,36). The summed E-state index contributed by atoms with van der Waals surface area (Å²) in [5.74, 6) is 1.07. The molecular formula is C32H27N7O2.